The Hall–Kier alpha value is -3.61. The summed E-state index contributed by atoms with van der Waals surface area (Å²) in [7, 11) is 0. The normalized spacial score (nSPS) is 10.8. The molecule has 0 aliphatic heterocycles. The van der Waals surface area contributed by atoms with E-state index in [4.69, 9.17) is 11.1 Å². The second kappa shape index (κ2) is 5.54. The van der Waals surface area contributed by atoms with E-state index in [-0.39, 0.29) is 5.84 Å². The first-order valence-corrected chi connectivity index (χ1v) is 7.29. The van der Waals surface area contributed by atoms with E-state index < -0.39 is 0 Å². The summed E-state index contributed by atoms with van der Waals surface area (Å²) in [6.07, 6.45) is 6.84. The SMILES string of the molecule is N=C(N)c1ccc(-c2ccncc2)n2nc(-c3cccnc3)nc12. The molecule has 0 radical (unpaired) electrons. The molecule has 0 amide bonds. The highest BCUT2D eigenvalue weighted by atomic mass is 15.3. The maximum Gasteiger partial charge on any atom is 0.183 e. The number of pyridine rings is 3. The van der Waals surface area contributed by atoms with Crippen LogP contribution in [0.1, 0.15) is 5.56 Å². The fourth-order valence-corrected chi connectivity index (χ4v) is 2.53. The Balaban J connectivity index is 2.01. The van der Waals surface area contributed by atoms with Crippen LogP contribution in [0.5, 0.6) is 0 Å². The molecule has 0 aliphatic rings. The molecular formula is C17H13N7. The van der Waals surface area contributed by atoms with Gasteiger partial charge in [0.1, 0.15) is 5.84 Å². The molecule has 4 heterocycles. The number of aromatic nitrogens is 5. The third-order valence-corrected chi connectivity index (χ3v) is 3.67. The average molecular weight is 315 g/mol. The van der Waals surface area contributed by atoms with Crippen molar-refractivity contribution in [1.82, 2.24) is 24.6 Å². The van der Waals surface area contributed by atoms with Gasteiger partial charge >= 0.3 is 0 Å². The molecule has 0 aliphatic carbocycles. The lowest BCUT2D eigenvalue weighted by atomic mass is 10.1. The lowest BCUT2D eigenvalue weighted by Gasteiger charge is -2.06. The van der Waals surface area contributed by atoms with Crippen molar-refractivity contribution in [2.45, 2.75) is 0 Å². The van der Waals surface area contributed by atoms with Crippen molar-refractivity contribution in [1.29, 1.82) is 5.41 Å². The van der Waals surface area contributed by atoms with Gasteiger partial charge in [-0.15, -0.1) is 5.10 Å². The fraction of sp³-hybridized carbons (Fsp3) is 0. The molecular weight excluding hydrogens is 302 g/mol. The standard InChI is InChI=1S/C17H13N7/c18-15(19)13-3-4-14(11-5-8-20-9-6-11)24-17(13)22-16(23-24)12-2-1-7-21-10-12/h1-10H,(H3,18,19). The molecule has 0 atom stereocenters. The summed E-state index contributed by atoms with van der Waals surface area (Å²) < 4.78 is 1.70. The number of nitrogen functional groups attached to an aromatic ring is 1. The van der Waals surface area contributed by atoms with Crippen LogP contribution >= 0.6 is 0 Å². The minimum atomic E-state index is -0.0496. The number of nitrogens with one attached hydrogen (secondary N) is 1. The van der Waals surface area contributed by atoms with Crippen molar-refractivity contribution in [2.75, 3.05) is 0 Å². The fourth-order valence-electron chi connectivity index (χ4n) is 2.53. The summed E-state index contributed by atoms with van der Waals surface area (Å²) >= 11 is 0. The van der Waals surface area contributed by atoms with Crippen molar-refractivity contribution < 1.29 is 0 Å². The van der Waals surface area contributed by atoms with E-state index in [1.807, 2.05) is 30.3 Å². The third-order valence-electron chi connectivity index (χ3n) is 3.67. The second-order valence-corrected chi connectivity index (χ2v) is 5.19. The van der Waals surface area contributed by atoms with E-state index in [1.165, 1.54) is 0 Å². The van der Waals surface area contributed by atoms with Gasteiger partial charge in [0.05, 0.1) is 11.3 Å². The summed E-state index contributed by atoms with van der Waals surface area (Å²) in [6.45, 7) is 0. The average Bonchev–Trinajstić information content (AvgIpc) is 3.07. The first kappa shape index (κ1) is 14.0. The van der Waals surface area contributed by atoms with Gasteiger partial charge in [0, 0.05) is 35.9 Å². The Labute approximate surface area is 137 Å². The van der Waals surface area contributed by atoms with Gasteiger partial charge in [0.15, 0.2) is 11.5 Å². The molecule has 0 saturated heterocycles. The molecule has 4 aromatic heterocycles. The minimum Gasteiger partial charge on any atom is -0.384 e. The summed E-state index contributed by atoms with van der Waals surface area (Å²) in [5.74, 6) is 0.485. The van der Waals surface area contributed by atoms with E-state index >= 15 is 0 Å². The number of hydrogen-bond acceptors (Lipinski definition) is 5. The number of fused-ring (bicyclic) bond motifs is 1. The first-order valence-electron chi connectivity index (χ1n) is 7.29. The van der Waals surface area contributed by atoms with E-state index in [1.54, 1.807) is 35.4 Å². The molecule has 116 valence electrons. The summed E-state index contributed by atoms with van der Waals surface area (Å²) in [5, 5.41) is 12.4. The maximum absolute atomic E-state index is 7.78. The Bertz CT molecular complexity index is 1020. The van der Waals surface area contributed by atoms with Gasteiger partial charge in [-0.1, -0.05) is 0 Å². The van der Waals surface area contributed by atoms with Crippen LogP contribution in [0.3, 0.4) is 0 Å². The molecule has 4 aromatic rings. The second-order valence-electron chi connectivity index (χ2n) is 5.19. The lowest BCUT2D eigenvalue weighted by Crippen LogP contribution is -2.13. The Morgan fingerprint density at radius 1 is 0.958 bits per heavy atom. The van der Waals surface area contributed by atoms with Gasteiger partial charge in [-0.3, -0.25) is 15.4 Å². The highest BCUT2D eigenvalue weighted by Gasteiger charge is 2.15. The number of nitrogens with zero attached hydrogens (tertiary/aromatic N) is 5. The Morgan fingerprint density at radius 2 is 1.79 bits per heavy atom. The molecule has 24 heavy (non-hydrogen) atoms. The monoisotopic (exact) mass is 315 g/mol. The van der Waals surface area contributed by atoms with Crippen LogP contribution < -0.4 is 5.73 Å². The van der Waals surface area contributed by atoms with E-state index in [0.29, 0.717) is 17.0 Å². The molecule has 0 saturated carbocycles. The highest BCUT2D eigenvalue weighted by molar-refractivity contribution is 6.01. The minimum absolute atomic E-state index is 0.0496. The molecule has 0 fully saturated rings. The van der Waals surface area contributed by atoms with Crippen LogP contribution in [-0.4, -0.2) is 30.4 Å². The van der Waals surface area contributed by atoms with Gasteiger partial charge in [0.25, 0.3) is 0 Å². The predicted octanol–water partition coefficient (Wildman–Crippen LogP) is 2.14. The van der Waals surface area contributed by atoms with Gasteiger partial charge in [-0.25, -0.2) is 9.50 Å². The number of hydrogen-bond donors (Lipinski definition) is 2. The zero-order chi connectivity index (χ0) is 16.5. The molecule has 0 aromatic carbocycles. The first-order chi connectivity index (χ1) is 11.7. The van der Waals surface area contributed by atoms with Crippen molar-refractivity contribution in [2.24, 2.45) is 5.73 Å². The van der Waals surface area contributed by atoms with Crippen LogP contribution in [-0.2, 0) is 0 Å². The quantitative estimate of drug-likeness (QED) is 0.445. The predicted molar refractivity (Wildman–Crippen MR) is 90.5 cm³/mol. The topological polar surface area (TPSA) is 106 Å². The van der Waals surface area contributed by atoms with Crippen LogP contribution in [0.4, 0.5) is 0 Å². The zero-order valence-electron chi connectivity index (χ0n) is 12.6. The number of amidine groups is 1. The van der Waals surface area contributed by atoms with E-state index in [9.17, 15) is 0 Å². The van der Waals surface area contributed by atoms with Crippen LogP contribution in [0.15, 0.2) is 61.2 Å². The van der Waals surface area contributed by atoms with Gasteiger partial charge in [-0.2, -0.15) is 0 Å². The smallest absolute Gasteiger partial charge is 0.183 e. The maximum atomic E-state index is 7.78. The molecule has 4 rings (SSSR count). The summed E-state index contributed by atoms with van der Waals surface area (Å²) in [5.41, 5.74) is 9.37. The summed E-state index contributed by atoms with van der Waals surface area (Å²) in [4.78, 5) is 12.7. The van der Waals surface area contributed by atoms with Crippen LogP contribution in [0.2, 0.25) is 0 Å². The molecule has 0 bridgehead atoms. The van der Waals surface area contributed by atoms with Crippen LogP contribution in [0, 0.1) is 5.41 Å². The van der Waals surface area contributed by atoms with E-state index in [2.05, 4.69) is 20.1 Å². The number of nitrogens with two attached hydrogens (primary N) is 1. The van der Waals surface area contributed by atoms with Crippen molar-refractivity contribution in [3.63, 3.8) is 0 Å². The third kappa shape index (κ3) is 2.28. The van der Waals surface area contributed by atoms with Gasteiger partial charge in [0.2, 0.25) is 0 Å². The molecule has 3 N–H and O–H groups in total. The Kier molecular flexibility index (Phi) is 3.24. The zero-order valence-corrected chi connectivity index (χ0v) is 12.6. The largest absolute Gasteiger partial charge is 0.384 e. The molecule has 7 nitrogen and oxygen atoms in total. The van der Waals surface area contributed by atoms with Crippen molar-refractivity contribution in [3.8, 4) is 22.6 Å². The summed E-state index contributed by atoms with van der Waals surface area (Å²) in [6, 6.07) is 11.2. The molecule has 0 unspecified atom stereocenters. The van der Waals surface area contributed by atoms with Gasteiger partial charge < -0.3 is 5.73 Å². The molecule has 0 spiro atoms. The van der Waals surface area contributed by atoms with E-state index in [0.717, 1.165) is 16.8 Å². The van der Waals surface area contributed by atoms with Crippen molar-refractivity contribution >= 4 is 11.5 Å². The van der Waals surface area contributed by atoms with Crippen LogP contribution in [0.25, 0.3) is 28.3 Å². The van der Waals surface area contributed by atoms with Gasteiger partial charge in [-0.05, 0) is 36.4 Å². The lowest BCUT2D eigenvalue weighted by molar-refractivity contribution is 0.971. The Morgan fingerprint density at radius 3 is 2.50 bits per heavy atom. The van der Waals surface area contributed by atoms with Crippen molar-refractivity contribution in [3.05, 3.63) is 66.7 Å². The molecule has 7 heteroatoms. The highest BCUT2D eigenvalue weighted by Crippen LogP contribution is 2.24. The number of rotatable bonds is 3.